The lowest BCUT2D eigenvalue weighted by Crippen LogP contribution is -2.43. The Hall–Kier alpha value is -1.67. The highest BCUT2D eigenvalue weighted by molar-refractivity contribution is 7.89. The summed E-state index contributed by atoms with van der Waals surface area (Å²) in [6.45, 7) is 1.04. The SMILES string of the molecule is CN(Cc1ccc(Cl)cc1)C(=O)C1CCN(S(=O)(=O)c2cccnc2Cl)CC1. The molecule has 2 aromatic rings. The van der Waals surface area contributed by atoms with Crippen LogP contribution in [0.25, 0.3) is 0 Å². The molecule has 150 valence electrons. The van der Waals surface area contributed by atoms with Gasteiger partial charge in [-0.05, 0) is 42.7 Å². The Bertz CT molecular complexity index is 943. The van der Waals surface area contributed by atoms with Crippen molar-refractivity contribution in [2.75, 3.05) is 20.1 Å². The molecule has 1 fully saturated rings. The summed E-state index contributed by atoms with van der Waals surface area (Å²) in [6.07, 6.45) is 2.39. The molecule has 0 atom stereocenters. The van der Waals surface area contributed by atoms with Crippen LogP contribution in [-0.2, 0) is 21.4 Å². The molecule has 1 aliphatic rings. The van der Waals surface area contributed by atoms with Crippen molar-refractivity contribution in [2.24, 2.45) is 5.92 Å². The number of sulfonamides is 1. The summed E-state index contributed by atoms with van der Waals surface area (Å²) in [5.41, 5.74) is 0.992. The molecular formula is C19H21Cl2N3O3S. The van der Waals surface area contributed by atoms with Crippen molar-refractivity contribution in [2.45, 2.75) is 24.3 Å². The maximum atomic E-state index is 12.8. The molecule has 0 unspecified atom stereocenters. The first-order valence-corrected chi connectivity index (χ1v) is 11.1. The highest BCUT2D eigenvalue weighted by Crippen LogP contribution is 2.28. The van der Waals surface area contributed by atoms with Crippen LogP contribution in [0.5, 0.6) is 0 Å². The van der Waals surface area contributed by atoms with E-state index in [1.165, 1.54) is 16.6 Å². The average Bonchev–Trinajstić information content (AvgIpc) is 2.69. The lowest BCUT2D eigenvalue weighted by atomic mass is 9.96. The van der Waals surface area contributed by atoms with Gasteiger partial charge in [-0.3, -0.25) is 4.79 Å². The summed E-state index contributed by atoms with van der Waals surface area (Å²) in [4.78, 5) is 18.3. The fourth-order valence-corrected chi connectivity index (χ4v) is 5.32. The van der Waals surface area contributed by atoms with E-state index in [1.807, 2.05) is 12.1 Å². The number of hydrogen-bond acceptors (Lipinski definition) is 4. The standard InChI is InChI=1S/C19H21Cl2N3O3S/c1-23(13-14-4-6-16(20)7-5-14)19(25)15-8-11-24(12-9-15)28(26,27)17-3-2-10-22-18(17)21/h2-7,10,15H,8-9,11-13H2,1H3. The van der Waals surface area contributed by atoms with E-state index in [9.17, 15) is 13.2 Å². The van der Waals surface area contributed by atoms with Gasteiger partial charge in [-0.1, -0.05) is 35.3 Å². The molecule has 9 heteroatoms. The molecule has 0 N–H and O–H groups in total. The number of carbonyl (C=O) groups excluding carboxylic acids is 1. The van der Waals surface area contributed by atoms with Crippen molar-refractivity contribution in [1.82, 2.24) is 14.2 Å². The Labute approximate surface area is 175 Å². The lowest BCUT2D eigenvalue weighted by Gasteiger charge is -2.32. The Morgan fingerprint density at radius 2 is 1.82 bits per heavy atom. The van der Waals surface area contributed by atoms with Crippen LogP contribution in [0, 0.1) is 5.92 Å². The third kappa shape index (κ3) is 4.66. The summed E-state index contributed by atoms with van der Waals surface area (Å²) in [6, 6.07) is 10.4. The third-order valence-corrected chi connectivity index (χ3v) is 7.45. The Morgan fingerprint density at radius 3 is 2.43 bits per heavy atom. The number of amides is 1. The summed E-state index contributed by atoms with van der Waals surface area (Å²) in [5, 5.41) is 0.614. The van der Waals surface area contributed by atoms with Gasteiger partial charge in [0.25, 0.3) is 0 Å². The number of carbonyl (C=O) groups is 1. The second kappa shape index (κ2) is 8.78. The summed E-state index contributed by atoms with van der Waals surface area (Å²) < 4.78 is 26.9. The molecule has 0 spiro atoms. The van der Waals surface area contributed by atoms with Crippen molar-refractivity contribution in [3.8, 4) is 0 Å². The first kappa shape index (κ1) is 21.0. The maximum absolute atomic E-state index is 12.8. The van der Waals surface area contributed by atoms with Crippen molar-refractivity contribution >= 4 is 39.1 Å². The van der Waals surface area contributed by atoms with Gasteiger partial charge in [-0.2, -0.15) is 4.31 Å². The molecule has 1 aromatic carbocycles. The number of piperidine rings is 1. The highest BCUT2D eigenvalue weighted by Gasteiger charge is 2.34. The first-order valence-electron chi connectivity index (χ1n) is 8.89. The molecule has 1 amide bonds. The third-order valence-electron chi connectivity index (χ3n) is 4.86. The summed E-state index contributed by atoms with van der Waals surface area (Å²) >= 11 is 11.8. The summed E-state index contributed by atoms with van der Waals surface area (Å²) in [7, 11) is -1.95. The fourth-order valence-electron chi connectivity index (χ4n) is 3.30. The number of hydrogen-bond donors (Lipinski definition) is 0. The number of benzene rings is 1. The van der Waals surface area contributed by atoms with Crippen molar-refractivity contribution in [1.29, 1.82) is 0 Å². The van der Waals surface area contributed by atoms with Gasteiger partial charge in [-0.25, -0.2) is 13.4 Å². The number of halogens is 2. The molecule has 0 bridgehead atoms. The van der Waals surface area contributed by atoms with Gasteiger partial charge >= 0.3 is 0 Å². The zero-order valence-corrected chi connectivity index (χ0v) is 17.7. The predicted molar refractivity (Wildman–Crippen MR) is 109 cm³/mol. The van der Waals surface area contributed by atoms with Crippen LogP contribution in [0.15, 0.2) is 47.5 Å². The Kier molecular flexibility index (Phi) is 6.60. The van der Waals surface area contributed by atoms with Crippen LogP contribution in [-0.4, -0.2) is 48.7 Å². The fraction of sp³-hybridized carbons (Fsp3) is 0.368. The maximum Gasteiger partial charge on any atom is 0.246 e. The van der Waals surface area contributed by atoms with Crippen LogP contribution in [0.3, 0.4) is 0 Å². The van der Waals surface area contributed by atoms with Crippen LogP contribution in [0.1, 0.15) is 18.4 Å². The van der Waals surface area contributed by atoms with E-state index in [1.54, 1.807) is 30.1 Å². The van der Waals surface area contributed by atoms with Crippen molar-refractivity contribution < 1.29 is 13.2 Å². The molecule has 0 aliphatic carbocycles. The van der Waals surface area contributed by atoms with Crippen molar-refractivity contribution in [3.63, 3.8) is 0 Å². The van der Waals surface area contributed by atoms with E-state index in [0.29, 0.717) is 24.4 Å². The Morgan fingerprint density at radius 1 is 1.18 bits per heavy atom. The Balaban J connectivity index is 1.60. The lowest BCUT2D eigenvalue weighted by molar-refractivity contribution is -0.135. The molecule has 1 aromatic heterocycles. The largest absolute Gasteiger partial charge is 0.341 e. The van der Waals surface area contributed by atoms with Gasteiger partial charge in [0.1, 0.15) is 10.0 Å². The molecule has 6 nitrogen and oxygen atoms in total. The van der Waals surface area contributed by atoms with Crippen molar-refractivity contribution in [3.05, 3.63) is 58.3 Å². The number of aromatic nitrogens is 1. The average molecular weight is 442 g/mol. The second-order valence-corrected chi connectivity index (χ2v) is 9.49. The molecule has 2 heterocycles. The van der Waals surface area contributed by atoms with E-state index >= 15 is 0 Å². The van der Waals surface area contributed by atoms with Crippen LogP contribution in [0.2, 0.25) is 10.2 Å². The van der Waals surface area contributed by atoms with Gasteiger partial charge in [0.05, 0.1) is 0 Å². The van der Waals surface area contributed by atoms with Gasteiger partial charge in [0, 0.05) is 43.8 Å². The van der Waals surface area contributed by atoms with E-state index in [2.05, 4.69) is 4.98 Å². The quantitative estimate of drug-likeness (QED) is 0.666. The topological polar surface area (TPSA) is 70.6 Å². The van der Waals surface area contributed by atoms with Crippen LogP contribution >= 0.6 is 23.2 Å². The molecule has 0 radical (unpaired) electrons. The number of rotatable bonds is 5. The highest BCUT2D eigenvalue weighted by atomic mass is 35.5. The number of pyridine rings is 1. The minimum atomic E-state index is -3.71. The molecule has 1 saturated heterocycles. The van der Waals surface area contributed by atoms with Crippen LogP contribution < -0.4 is 0 Å². The molecule has 28 heavy (non-hydrogen) atoms. The smallest absolute Gasteiger partial charge is 0.246 e. The van der Waals surface area contributed by atoms with E-state index < -0.39 is 10.0 Å². The molecule has 3 rings (SSSR count). The van der Waals surface area contributed by atoms with Crippen LogP contribution in [0.4, 0.5) is 0 Å². The molecule has 0 saturated carbocycles. The van der Waals surface area contributed by atoms with Gasteiger partial charge in [0.15, 0.2) is 0 Å². The van der Waals surface area contributed by atoms with E-state index in [4.69, 9.17) is 23.2 Å². The monoisotopic (exact) mass is 441 g/mol. The zero-order valence-electron chi connectivity index (χ0n) is 15.4. The minimum absolute atomic E-state index is 0.00120. The van der Waals surface area contributed by atoms with Gasteiger partial charge < -0.3 is 4.90 Å². The molecular weight excluding hydrogens is 421 g/mol. The minimum Gasteiger partial charge on any atom is -0.341 e. The first-order chi connectivity index (χ1) is 13.3. The normalized spacial score (nSPS) is 16.1. The van der Waals surface area contributed by atoms with Gasteiger partial charge in [0.2, 0.25) is 15.9 Å². The molecule has 1 aliphatic heterocycles. The van der Waals surface area contributed by atoms with E-state index in [-0.39, 0.29) is 35.0 Å². The summed E-state index contributed by atoms with van der Waals surface area (Å²) in [5.74, 6) is -0.181. The van der Waals surface area contributed by atoms with Gasteiger partial charge in [-0.15, -0.1) is 0 Å². The number of nitrogens with zero attached hydrogens (tertiary/aromatic N) is 3. The predicted octanol–water partition coefficient (Wildman–Crippen LogP) is 3.45. The second-order valence-electron chi connectivity index (χ2n) is 6.79. The van der Waals surface area contributed by atoms with E-state index in [0.717, 1.165) is 5.56 Å². The zero-order chi connectivity index (χ0) is 20.3.